The molecule has 0 bridgehead atoms. The third-order valence-corrected chi connectivity index (χ3v) is 2.73. The Bertz CT molecular complexity index is 601. The van der Waals surface area contributed by atoms with Gasteiger partial charge in [-0.2, -0.15) is 0 Å². The molecule has 0 fully saturated rings. The second kappa shape index (κ2) is 4.03. The Labute approximate surface area is 97.8 Å². The first-order valence-corrected chi connectivity index (χ1v) is 5.18. The Morgan fingerprint density at radius 1 is 1.29 bits per heavy atom. The minimum absolute atomic E-state index is 0.437. The third kappa shape index (κ3) is 1.81. The minimum Gasteiger partial charge on any atom is -0.368 e. The summed E-state index contributed by atoms with van der Waals surface area (Å²) in [5, 5.41) is 0.756. The molecule has 0 aliphatic carbocycles. The molecule has 1 amide bonds. The number of aromatic amines is 1. The van der Waals surface area contributed by atoms with Crippen molar-refractivity contribution in [2.24, 2.45) is 11.5 Å². The van der Waals surface area contributed by atoms with E-state index >= 15 is 0 Å². The van der Waals surface area contributed by atoms with Gasteiger partial charge in [0, 0.05) is 22.2 Å². The van der Waals surface area contributed by atoms with E-state index in [1.54, 1.807) is 13.0 Å². The highest BCUT2D eigenvalue weighted by molar-refractivity contribution is 6.19. The normalized spacial score (nSPS) is 12.6. The van der Waals surface area contributed by atoms with Gasteiger partial charge >= 0.3 is 0 Å². The van der Waals surface area contributed by atoms with Gasteiger partial charge < -0.3 is 16.5 Å². The number of hydrogen-bond donors (Lipinski definition) is 3. The first-order chi connectivity index (χ1) is 8.02. The van der Waals surface area contributed by atoms with Gasteiger partial charge in [0.05, 0.1) is 0 Å². The molecule has 1 heterocycles. The molecule has 2 rings (SSSR count). The van der Waals surface area contributed by atoms with Gasteiger partial charge in [-0.3, -0.25) is 9.59 Å². The molecule has 0 aliphatic rings. The van der Waals surface area contributed by atoms with Crippen molar-refractivity contribution < 1.29 is 9.59 Å². The Kier molecular flexibility index (Phi) is 2.69. The molecule has 88 valence electrons. The highest BCUT2D eigenvalue weighted by Gasteiger charge is 2.25. The summed E-state index contributed by atoms with van der Waals surface area (Å²) in [6.45, 7) is 1.76. The van der Waals surface area contributed by atoms with E-state index in [1.165, 1.54) is 0 Å². The fourth-order valence-electron chi connectivity index (χ4n) is 1.88. The molecular weight excluding hydrogens is 218 g/mol. The van der Waals surface area contributed by atoms with Crippen molar-refractivity contribution in [1.29, 1.82) is 0 Å². The number of hydrogen-bond acceptors (Lipinski definition) is 3. The highest BCUT2D eigenvalue weighted by Crippen LogP contribution is 2.22. The van der Waals surface area contributed by atoms with Crippen LogP contribution in [-0.4, -0.2) is 22.7 Å². The van der Waals surface area contributed by atoms with Crippen LogP contribution in [0.3, 0.4) is 0 Å². The molecule has 5 nitrogen and oxygen atoms in total. The molecule has 0 radical (unpaired) electrons. The topological polar surface area (TPSA) is 102 Å². The number of ketones is 1. The van der Waals surface area contributed by atoms with Crippen molar-refractivity contribution in [3.63, 3.8) is 0 Å². The minimum atomic E-state index is -1.30. The van der Waals surface area contributed by atoms with Crippen LogP contribution in [0.25, 0.3) is 10.9 Å². The lowest BCUT2D eigenvalue weighted by Gasteiger charge is -2.06. The van der Waals surface area contributed by atoms with E-state index in [1.807, 2.05) is 18.2 Å². The third-order valence-electron chi connectivity index (χ3n) is 2.73. The first kappa shape index (κ1) is 11.3. The van der Waals surface area contributed by atoms with Gasteiger partial charge in [-0.25, -0.2) is 0 Å². The summed E-state index contributed by atoms with van der Waals surface area (Å²) in [6.07, 6.45) is 0. The standard InChI is InChI=1S/C12H13N3O2/c1-6-9(11(16)10(13)12(14)17)7-4-2-3-5-8(7)15-6/h2-5,10,15H,13H2,1H3,(H2,14,17). The summed E-state index contributed by atoms with van der Waals surface area (Å²) >= 11 is 0. The number of nitrogens with two attached hydrogens (primary N) is 2. The lowest BCUT2D eigenvalue weighted by molar-refractivity contribution is -0.118. The van der Waals surface area contributed by atoms with Crippen molar-refractivity contribution in [1.82, 2.24) is 4.98 Å². The molecule has 17 heavy (non-hydrogen) atoms. The maximum Gasteiger partial charge on any atom is 0.242 e. The quantitative estimate of drug-likeness (QED) is 0.528. The SMILES string of the molecule is Cc1[nH]c2ccccc2c1C(=O)C(N)C(N)=O. The second-order valence-corrected chi connectivity index (χ2v) is 3.91. The molecule has 1 aromatic carbocycles. The lowest BCUT2D eigenvalue weighted by atomic mass is 10.0. The van der Waals surface area contributed by atoms with Crippen molar-refractivity contribution in [2.45, 2.75) is 13.0 Å². The Hall–Kier alpha value is -2.14. The summed E-state index contributed by atoms with van der Waals surface area (Å²) < 4.78 is 0. The smallest absolute Gasteiger partial charge is 0.242 e. The summed E-state index contributed by atoms with van der Waals surface area (Å²) in [5.74, 6) is -1.27. The maximum absolute atomic E-state index is 12.0. The zero-order chi connectivity index (χ0) is 12.6. The number of nitrogens with one attached hydrogen (secondary N) is 1. The Morgan fingerprint density at radius 3 is 2.59 bits per heavy atom. The lowest BCUT2D eigenvalue weighted by Crippen LogP contribution is -2.43. The van der Waals surface area contributed by atoms with Crippen LogP contribution in [-0.2, 0) is 4.79 Å². The predicted octanol–water partition coefficient (Wildman–Crippen LogP) is 0.472. The van der Waals surface area contributed by atoms with E-state index in [9.17, 15) is 9.59 Å². The predicted molar refractivity (Wildman–Crippen MR) is 64.5 cm³/mol. The van der Waals surface area contributed by atoms with Gasteiger partial charge in [0.2, 0.25) is 5.91 Å². The first-order valence-electron chi connectivity index (χ1n) is 5.18. The van der Waals surface area contributed by atoms with E-state index in [4.69, 9.17) is 11.5 Å². The zero-order valence-electron chi connectivity index (χ0n) is 9.36. The van der Waals surface area contributed by atoms with Crippen LogP contribution in [0.15, 0.2) is 24.3 Å². The number of benzene rings is 1. The van der Waals surface area contributed by atoms with Gasteiger partial charge in [-0.05, 0) is 13.0 Å². The molecule has 1 aromatic heterocycles. The van der Waals surface area contributed by atoms with Gasteiger partial charge in [0.15, 0.2) is 5.78 Å². The van der Waals surface area contributed by atoms with Crippen LogP contribution in [0, 0.1) is 6.92 Å². The number of para-hydroxylation sites is 1. The largest absolute Gasteiger partial charge is 0.368 e. The number of aromatic nitrogens is 1. The van der Waals surface area contributed by atoms with Gasteiger partial charge in [0.25, 0.3) is 0 Å². The molecule has 0 aliphatic heterocycles. The zero-order valence-corrected chi connectivity index (χ0v) is 9.36. The highest BCUT2D eigenvalue weighted by atomic mass is 16.2. The molecule has 1 unspecified atom stereocenters. The van der Waals surface area contributed by atoms with Crippen molar-refractivity contribution in [3.05, 3.63) is 35.5 Å². The fourth-order valence-corrected chi connectivity index (χ4v) is 1.88. The summed E-state index contributed by atoms with van der Waals surface area (Å²) in [4.78, 5) is 26.1. The molecule has 0 saturated carbocycles. The number of H-pyrrole nitrogens is 1. The molecular formula is C12H13N3O2. The van der Waals surface area contributed by atoms with Crippen molar-refractivity contribution in [2.75, 3.05) is 0 Å². The van der Waals surface area contributed by atoms with Crippen molar-refractivity contribution >= 4 is 22.6 Å². The van der Waals surface area contributed by atoms with Gasteiger partial charge in [-0.1, -0.05) is 18.2 Å². The Balaban J connectivity index is 2.59. The molecule has 0 saturated heterocycles. The van der Waals surface area contributed by atoms with E-state index in [0.29, 0.717) is 11.3 Å². The van der Waals surface area contributed by atoms with E-state index in [0.717, 1.165) is 10.9 Å². The second-order valence-electron chi connectivity index (χ2n) is 3.91. The number of amides is 1. The van der Waals surface area contributed by atoms with Crippen LogP contribution >= 0.6 is 0 Å². The number of carbonyl (C=O) groups is 2. The van der Waals surface area contributed by atoms with E-state index < -0.39 is 17.7 Å². The number of aryl methyl sites for hydroxylation is 1. The molecule has 1 atom stereocenters. The number of primary amides is 1. The summed E-state index contributed by atoms with van der Waals surface area (Å²) in [6, 6.07) is 6.05. The number of rotatable bonds is 3. The van der Waals surface area contributed by atoms with Crippen molar-refractivity contribution in [3.8, 4) is 0 Å². The summed E-state index contributed by atoms with van der Waals surface area (Å²) in [7, 11) is 0. The number of fused-ring (bicyclic) bond motifs is 1. The van der Waals surface area contributed by atoms with Crippen LogP contribution in [0.1, 0.15) is 16.1 Å². The van der Waals surface area contributed by atoms with E-state index in [-0.39, 0.29) is 0 Å². The molecule has 5 heteroatoms. The number of Topliss-reactive ketones (excluding diaryl/α,β-unsaturated/α-hetero) is 1. The average molecular weight is 231 g/mol. The van der Waals surface area contributed by atoms with Crippen LogP contribution < -0.4 is 11.5 Å². The van der Waals surface area contributed by atoms with Gasteiger partial charge in [-0.15, -0.1) is 0 Å². The fraction of sp³-hybridized carbons (Fsp3) is 0.167. The van der Waals surface area contributed by atoms with E-state index in [2.05, 4.69) is 4.98 Å². The molecule has 0 spiro atoms. The maximum atomic E-state index is 12.0. The molecule has 2 aromatic rings. The van der Waals surface area contributed by atoms with Crippen LogP contribution in [0.2, 0.25) is 0 Å². The van der Waals surface area contributed by atoms with Crippen LogP contribution in [0.5, 0.6) is 0 Å². The number of carbonyl (C=O) groups excluding carboxylic acids is 2. The monoisotopic (exact) mass is 231 g/mol. The Morgan fingerprint density at radius 2 is 1.94 bits per heavy atom. The molecule has 5 N–H and O–H groups in total. The average Bonchev–Trinajstić information content (AvgIpc) is 2.62. The van der Waals surface area contributed by atoms with Crippen LogP contribution in [0.4, 0.5) is 0 Å². The summed E-state index contributed by atoms with van der Waals surface area (Å²) in [5.41, 5.74) is 12.5. The van der Waals surface area contributed by atoms with Gasteiger partial charge in [0.1, 0.15) is 6.04 Å².